The molecule has 1 aliphatic rings. The van der Waals surface area contributed by atoms with Gasteiger partial charge in [0.2, 0.25) is 0 Å². The number of pyridine rings is 1. The van der Waals surface area contributed by atoms with E-state index in [9.17, 15) is 9.18 Å². The molecule has 118 valence electrons. The van der Waals surface area contributed by atoms with E-state index in [2.05, 4.69) is 20.4 Å². The van der Waals surface area contributed by atoms with Crippen molar-refractivity contribution in [2.75, 3.05) is 5.32 Å². The van der Waals surface area contributed by atoms with Crippen molar-refractivity contribution in [3.8, 4) is 0 Å². The number of halogens is 1. The molecule has 0 aromatic carbocycles. The van der Waals surface area contributed by atoms with Gasteiger partial charge in [0, 0.05) is 24.0 Å². The zero-order valence-electron chi connectivity index (χ0n) is 12.6. The van der Waals surface area contributed by atoms with Crippen LogP contribution in [-0.4, -0.2) is 19.6 Å². The van der Waals surface area contributed by atoms with Gasteiger partial charge in [0.25, 0.3) is 5.56 Å². The van der Waals surface area contributed by atoms with E-state index in [-0.39, 0.29) is 5.56 Å². The monoisotopic (exact) mass is 313 g/mol. The zero-order chi connectivity index (χ0) is 16.0. The van der Waals surface area contributed by atoms with E-state index >= 15 is 0 Å². The van der Waals surface area contributed by atoms with Crippen LogP contribution in [0.2, 0.25) is 0 Å². The molecule has 3 aromatic heterocycles. The molecule has 4 rings (SSSR count). The number of hydrogen-bond donors (Lipinski definition) is 2. The van der Waals surface area contributed by atoms with Crippen LogP contribution in [0.4, 0.5) is 10.2 Å². The van der Waals surface area contributed by atoms with Gasteiger partial charge in [-0.05, 0) is 31.4 Å². The predicted molar refractivity (Wildman–Crippen MR) is 83.9 cm³/mol. The van der Waals surface area contributed by atoms with Crippen molar-refractivity contribution in [1.29, 1.82) is 0 Å². The van der Waals surface area contributed by atoms with Gasteiger partial charge in [-0.3, -0.25) is 4.79 Å². The van der Waals surface area contributed by atoms with Crippen LogP contribution in [0, 0.1) is 5.82 Å². The molecule has 1 fully saturated rings. The summed E-state index contributed by atoms with van der Waals surface area (Å²) < 4.78 is 15.2. The third-order valence-electron chi connectivity index (χ3n) is 4.24. The lowest BCUT2D eigenvalue weighted by Crippen LogP contribution is -2.28. The number of aromatic amines is 1. The molecule has 0 unspecified atom stereocenters. The maximum atomic E-state index is 13.5. The van der Waals surface area contributed by atoms with Crippen molar-refractivity contribution >= 4 is 11.5 Å². The van der Waals surface area contributed by atoms with Crippen molar-refractivity contribution in [1.82, 2.24) is 19.6 Å². The first-order valence-corrected chi connectivity index (χ1v) is 7.62. The highest BCUT2D eigenvalue weighted by Gasteiger charge is 2.46. The molecule has 2 N–H and O–H groups in total. The van der Waals surface area contributed by atoms with Gasteiger partial charge >= 0.3 is 0 Å². The lowest BCUT2D eigenvalue weighted by molar-refractivity contribution is 0.611. The van der Waals surface area contributed by atoms with Gasteiger partial charge in [-0.2, -0.15) is 5.10 Å². The average Bonchev–Trinajstić information content (AvgIpc) is 3.19. The van der Waals surface area contributed by atoms with E-state index in [1.165, 1.54) is 6.07 Å². The van der Waals surface area contributed by atoms with Crippen LogP contribution >= 0.6 is 0 Å². The molecular formula is C16H16FN5O. The Balaban J connectivity index is 1.69. The van der Waals surface area contributed by atoms with Crippen LogP contribution in [0.1, 0.15) is 31.0 Å². The Kier molecular flexibility index (Phi) is 2.97. The van der Waals surface area contributed by atoms with Gasteiger partial charge in [-0.15, -0.1) is 0 Å². The lowest BCUT2D eigenvalue weighted by Gasteiger charge is -2.17. The first-order chi connectivity index (χ1) is 11.1. The summed E-state index contributed by atoms with van der Waals surface area (Å²) in [5.74, 6) is 0.209. The van der Waals surface area contributed by atoms with E-state index in [1.54, 1.807) is 4.52 Å². The molecule has 0 saturated heterocycles. The Morgan fingerprint density at radius 2 is 2.26 bits per heavy atom. The van der Waals surface area contributed by atoms with Gasteiger partial charge in [0.05, 0.1) is 11.2 Å². The normalized spacial score (nSPS) is 15.7. The van der Waals surface area contributed by atoms with Crippen molar-refractivity contribution in [3.63, 3.8) is 0 Å². The first-order valence-electron chi connectivity index (χ1n) is 7.62. The number of H-pyrrole nitrogens is 1. The average molecular weight is 313 g/mol. The number of fused-ring (bicyclic) bond motifs is 1. The fourth-order valence-corrected chi connectivity index (χ4v) is 2.82. The number of nitrogens with one attached hydrogen (secondary N) is 2. The molecule has 0 spiro atoms. The van der Waals surface area contributed by atoms with Gasteiger partial charge in [-0.25, -0.2) is 13.9 Å². The van der Waals surface area contributed by atoms with Crippen molar-refractivity contribution in [2.24, 2.45) is 0 Å². The van der Waals surface area contributed by atoms with Crippen LogP contribution in [0.25, 0.3) is 5.65 Å². The molecule has 6 nitrogen and oxygen atoms in total. The molecule has 1 aliphatic carbocycles. The molecule has 0 atom stereocenters. The number of hydrogen-bond acceptors (Lipinski definition) is 4. The molecule has 23 heavy (non-hydrogen) atoms. The Hall–Kier alpha value is -2.70. The highest BCUT2D eigenvalue weighted by Crippen LogP contribution is 2.46. The summed E-state index contributed by atoms with van der Waals surface area (Å²) in [6.45, 7) is 2.04. The summed E-state index contributed by atoms with van der Waals surface area (Å²) in [7, 11) is 0. The number of nitrogens with zero attached hydrogens (tertiary/aromatic N) is 3. The maximum absolute atomic E-state index is 13.5. The molecule has 0 amide bonds. The Morgan fingerprint density at radius 1 is 1.43 bits per heavy atom. The number of rotatable bonds is 4. The van der Waals surface area contributed by atoms with Crippen LogP contribution < -0.4 is 10.9 Å². The quantitative estimate of drug-likeness (QED) is 0.774. The second-order valence-corrected chi connectivity index (χ2v) is 5.87. The van der Waals surface area contributed by atoms with E-state index in [0.717, 1.165) is 36.8 Å². The van der Waals surface area contributed by atoms with Gasteiger partial charge < -0.3 is 10.3 Å². The Bertz CT molecular complexity index is 941. The number of aromatic nitrogens is 4. The van der Waals surface area contributed by atoms with Crippen LogP contribution in [-0.2, 0) is 12.0 Å². The number of anilines is 1. The van der Waals surface area contributed by atoms with E-state index in [4.69, 9.17) is 0 Å². The maximum Gasteiger partial charge on any atom is 0.253 e. The molecule has 7 heteroatoms. The smallest absolute Gasteiger partial charge is 0.253 e. The lowest BCUT2D eigenvalue weighted by atomic mass is 10.1. The standard InChI is InChI=1S/C16H16FN5O/c1-2-11-8-14-19-13(3-6-22(14)21-11)20-16(4-5-16)12-7-10(17)9-18-15(12)23/h3,6-9H,2,4-5H2,1H3,(H,18,23)(H,19,20). The SMILES string of the molecule is CCc1cc2nc(NC3(c4cc(F)c[nH]c4=O)CC3)ccn2n1. The molecule has 0 aliphatic heterocycles. The van der Waals surface area contributed by atoms with E-state index in [1.807, 2.05) is 25.3 Å². The molecular weight excluding hydrogens is 297 g/mol. The second kappa shape index (κ2) is 4.91. The van der Waals surface area contributed by atoms with E-state index in [0.29, 0.717) is 11.4 Å². The fraction of sp³-hybridized carbons (Fsp3) is 0.312. The third kappa shape index (κ3) is 2.38. The van der Waals surface area contributed by atoms with E-state index < -0.39 is 11.4 Å². The van der Waals surface area contributed by atoms with Crippen LogP contribution in [0.15, 0.2) is 35.4 Å². The van der Waals surface area contributed by atoms with Gasteiger partial charge in [0.15, 0.2) is 5.65 Å². The predicted octanol–water partition coefficient (Wildman–Crippen LogP) is 2.22. The minimum absolute atomic E-state index is 0.268. The zero-order valence-corrected chi connectivity index (χ0v) is 12.6. The molecule has 3 heterocycles. The summed E-state index contributed by atoms with van der Waals surface area (Å²) in [4.78, 5) is 19.0. The van der Waals surface area contributed by atoms with Crippen molar-refractivity contribution in [3.05, 3.63) is 58.0 Å². The minimum atomic E-state index is -0.533. The third-order valence-corrected chi connectivity index (χ3v) is 4.24. The topological polar surface area (TPSA) is 75.1 Å². The summed E-state index contributed by atoms with van der Waals surface area (Å²) in [6, 6.07) is 5.04. The summed E-state index contributed by atoms with van der Waals surface area (Å²) in [5, 5.41) is 7.68. The Labute approximate surface area is 131 Å². The first kappa shape index (κ1) is 13.9. The van der Waals surface area contributed by atoms with Crippen LogP contribution in [0.5, 0.6) is 0 Å². The molecule has 1 saturated carbocycles. The highest BCUT2D eigenvalue weighted by molar-refractivity contribution is 5.51. The number of aryl methyl sites for hydroxylation is 1. The largest absolute Gasteiger partial charge is 0.360 e. The molecule has 0 radical (unpaired) electrons. The fourth-order valence-electron chi connectivity index (χ4n) is 2.82. The second-order valence-electron chi connectivity index (χ2n) is 5.87. The summed E-state index contributed by atoms with van der Waals surface area (Å²) >= 11 is 0. The van der Waals surface area contributed by atoms with Gasteiger partial charge in [-0.1, -0.05) is 6.92 Å². The van der Waals surface area contributed by atoms with Crippen molar-refractivity contribution < 1.29 is 4.39 Å². The van der Waals surface area contributed by atoms with Crippen LogP contribution in [0.3, 0.4) is 0 Å². The van der Waals surface area contributed by atoms with Gasteiger partial charge in [0.1, 0.15) is 11.6 Å². The minimum Gasteiger partial charge on any atom is -0.360 e. The molecule has 3 aromatic rings. The summed E-state index contributed by atoms with van der Waals surface area (Å²) in [5.41, 5.74) is 1.33. The highest BCUT2D eigenvalue weighted by atomic mass is 19.1. The Morgan fingerprint density at radius 3 is 3.00 bits per heavy atom. The molecule has 0 bridgehead atoms. The van der Waals surface area contributed by atoms with Crippen molar-refractivity contribution in [2.45, 2.75) is 31.7 Å². The summed E-state index contributed by atoms with van der Waals surface area (Å²) in [6.07, 6.45) is 5.28.